The first-order valence-corrected chi connectivity index (χ1v) is 5.89. The van der Waals surface area contributed by atoms with Crippen molar-refractivity contribution < 1.29 is 14.7 Å². The molecular formula is C13H18N2O3. The maximum atomic E-state index is 11.6. The minimum absolute atomic E-state index is 0.117. The molecule has 0 aliphatic carbocycles. The smallest absolute Gasteiger partial charge is 0.336 e. The second-order valence-corrected chi connectivity index (χ2v) is 4.08. The van der Waals surface area contributed by atoms with Gasteiger partial charge in [-0.1, -0.05) is 6.07 Å². The van der Waals surface area contributed by atoms with Gasteiger partial charge in [-0.15, -0.1) is 0 Å². The van der Waals surface area contributed by atoms with Crippen LogP contribution in [0.3, 0.4) is 0 Å². The number of carbonyl (C=O) groups is 2. The Morgan fingerprint density at radius 1 is 1.33 bits per heavy atom. The maximum absolute atomic E-state index is 11.6. The van der Waals surface area contributed by atoms with Crippen molar-refractivity contribution in [3.63, 3.8) is 0 Å². The van der Waals surface area contributed by atoms with Crippen molar-refractivity contribution in [3.8, 4) is 0 Å². The van der Waals surface area contributed by atoms with E-state index in [4.69, 9.17) is 10.8 Å². The van der Waals surface area contributed by atoms with Gasteiger partial charge in [0.05, 0.1) is 5.56 Å². The van der Waals surface area contributed by atoms with Gasteiger partial charge in [0.25, 0.3) is 0 Å². The lowest BCUT2D eigenvalue weighted by atomic mass is 10.1. The quantitative estimate of drug-likeness (QED) is 0.671. The largest absolute Gasteiger partial charge is 0.478 e. The molecule has 0 radical (unpaired) electrons. The van der Waals surface area contributed by atoms with Crippen molar-refractivity contribution in [2.75, 3.05) is 11.9 Å². The van der Waals surface area contributed by atoms with Gasteiger partial charge < -0.3 is 16.2 Å². The molecule has 1 aromatic rings. The summed E-state index contributed by atoms with van der Waals surface area (Å²) in [5.41, 5.74) is 6.67. The van der Waals surface area contributed by atoms with Gasteiger partial charge in [0, 0.05) is 12.1 Å². The van der Waals surface area contributed by atoms with E-state index in [-0.39, 0.29) is 11.5 Å². The number of amides is 1. The third-order valence-electron chi connectivity index (χ3n) is 2.70. The molecule has 0 heterocycles. The number of hydrogen-bond acceptors (Lipinski definition) is 3. The second-order valence-electron chi connectivity index (χ2n) is 4.08. The fraction of sp³-hybridized carbons (Fsp3) is 0.385. The third kappa shape index (κ3) is 3.85. The molecule has 4 N–H and O–H groups in total. The fourth-order valence-electron chi connectivity index (χ4n) is 1.65. The van der Waals surface area contributed by atoms with E-state index in [1.807, 2.05) is 0 Å². The van der Waals surface area contributed by atoms with Crippen molar-refractivity contribution in [1.29, 1.82) is 0 Å². The monoisotopic (exact) mass is 250 g/mol. The van der Waals surface area contributed by atoms with E-state index in [0.717, 1.165) is 12.8 Å². The molecule has 0 bridgehead atoms. The molecule has 5 heteroatoms. The number of carboxylic acids is 1. The summed E-state index contributed by atoms with van der Waals surface area (Å²) in [6.45, 7) is 2.25. The molecule has 0 aliphatic rings. The summed E-state index contributed by atoms with van der Waals surface area (Å²) in [4.78, 5) is 22.6. The molecule has 0 saturated carbocycles. The van der Waals surface area contributed by atoms with Crippen LogP contribution in [-0.2, 0) is 4.79 Å². The summed E-state index contributed by atoms with van der Waals surface area (Å²) >= 11 is 0. The van der Waals surface area contributed by atoms with Crippen LogP contribution in [0.1, 0.15) is 35.2 Å². The lowest BCUT2D eigenvalue weighted by molar-refractivity contribution is -0.116. The molecule has 18 heavy (non-hydrogen) atoms. The summed E-state index contributed by atoms with van der Waals surface area (Å²) in [5.74, 6) is -1.11. The number of anilines is 1. The molecule has 1 rings (SSSR count). The summed E-state index contributed by atoms with van der Waals surface area (Å²) in [7, 11) is 0. The Kier molecular flexibility index (Phi) is 5.32. The van der Waals surface area contributed by atoms with E-state index < -0.39 is 5.97 Å². The first-order valence-electron chi connectivity index (χ1n) is 5.89. The molecule has 5 nitrogen and oxygen atoms in total. The summed E-state index contributed by atoms with van der Waals surface area (Å²) in [6, 6.07) is 4.83. The first-order chi connectivity index (χ1) is 8.56. The molecular weight excluding hydrogens is 232 g/mol. The van der Waals surface area contributed by atoms with Crippen LogP contribution in [-0.4, -0.2) is 23.5 Å². The number of carbonyl (C=O) groups excluding carboxylic acids is 1. The van der Waals surface area contributed by atoms with Gasteiger partial charge in [0.15, 0.2) is 0 Å². The molecule has 0 fully saturated rings. The predicted octanol–water partition coefficient (Wildman–Crippen LogP) is 1.76. The highest BCUT2D eigenvalue weighted by Gasteiger charge is 2.11. The number of nitrogens with two attached hydrogens (primary N) is 1. The number of benzene rings is 1. The van der Waals surface area contributed by atoms with Crippen molar-refractivity contribution >= 4 is 17.6 Å². The predicted molar refractivity (Wildman–Crippen MR) is 69.7 cm³/mol. The molecule has 0 aromatic heterocycles. The number of hydrogen-bond donors (Lipinski definition) is 3. The Morgan fingerprint density at radius 2 is 2.06 bits per heavy atom. The summed E-state index contributed by atoms with van der Waals surface area (Å²) in [6.07, 6.45) is 1.94. The zero-order chi connectivity index (χ0) is 13.5. The summed E-state index contributed by atoms with van der Waals surface area (Å²) in [5, 5.41) is 11.7. The van der Waals surface area contributed by atoms with Crippen LogP contribution in [0.15, 0.2) is 18.2 Å². The van der Waals surface area contributed by atoms with E-state index in [9.17, 15) is 9.59 Å². The van der Waals surface area contributed by atoms with Crippen LogP contribution in [0.25, 0.3) is 0 Å². The van der Waals surface area contributed by atoms with Gasteiger partial charge in [-0.2, -0.15) is 0 Å². The van der Waals surface area contributed by atoms with Crippen LogP contribution in [0.5, 0.6) is 0 Å². The highest BCUT2D eigenvalue weighted by Crippen LogP contribution is 2.19. The molecule has 1 aromatic carbocycles. The van der Waals surface area contributed by atoms with Crippen LogP contribution in [0.4, 0.5) is 5.69 Å². The van der Waals surface area contributed by atoms with Crippen LogP contribution >= 0.6 is 0 Å². The fourth-order valence-corrected chi connectivity index (χ4v) is 1.65. The number of unbranched alkanes of at least 4 members (excludes halogenated alkanes) is 1. The van der Waals surface area contributed by atoms with Gasteiger partial charge in [-0.25, -0.2) is 4.79 Å². The topological polar surface area (TPSA) is 92.4 Å². The Balaban J connectivity index is 2.70. The number of aromatic carboxylic acids is 1. The number of rotatable bonds is 6. The van der Waals surface area contributed by atoms with Crippen molar-refractivity contribution in [2.45, 2.75) is 26.2 Å². The van der Waals surface area contributed by atoms with Crippen molar-refractivity contribution in [2.24, 2.45) is 5.73 Å². The third-order valence-corrected chi connectivity index (χ3v) is 2.70. The lowest BCUT2D eigenvalue weighted by Crippen LogP contribution is -2.14. The van der Waals surface area contributed by atoms with Crippen LogP contribution in [0, 0.1) is 6.92 Å². The van der Waals surface area contributed by atoms with E-state index in [0.29, 0.717) is 24.2 Å². The minimum atomic E-state index is -0.994. The molecule has 0 atom stereocenters. The number of nitrogens with one attached hydrogen (secondary N) is 1. The maximum Gasteiger partial charge on any atom is 0.336 e. The Labute approximate surface area is 106 Å². The van der Waals surface area contributed by atoms with Crippen LogP contribution < -0.4 is 11.1 Å². The SMILES string of the molecule is Cc1c(NC(=O)CCCCN)cccc1C(=O)O. The van der Waals surface area contributed by atoms with E-state index in [1.165, 1.54) is 6.07 Å². The van der Waals surface area contributed by atoms with Crippen molar-refractivity contribution in [1.82, 2.24) is 0 Å². The Hall–Kier alpha value is -1.88. The zero-order valence-electron chi connectivity index (χ0n) is 10.4. The molecule has 98 valence electrons. The second kappa shape index (κ2) is 6.76. The van der Waals surface area contributed by atoms with Gasteiger partial charge in [-0.3, -0.25) is 4.79 Å². The van der Waals surface area contributed by atoms with Gasteiger partial charge in [0.1, 0.15) is 0 Å². The highest BCUT2D eigenvalue weighted by molar-refractivity contribution is 5.95. The van der Waals surface area contributed by atoms with E-state index in [1.54, 1.807) is 19.1 Å². The van der Waals surface area contributed by atoms with E-state index in [2.05, 4.69) is 5.32 Å². The molecule has 1 amide bonds. The lowest BCUT2D eigenvalue weighted by Gasteiger charge is -2.10. The standard InChI is InChI=1S/C13H18N2O3/c1-9-10(13(17)18)5-4-6-11(9)15-12(16)7-2-3-8-14/h4-6H,2-3,7-8,14H2,1H3,(H,15,16)(H,17,18). The molecule has 0 spiro atoms. The normalized spacial score (nSPS) is 10.1. The molecule has 0 saturated heterocycles. The minimum Gasteiger partial charge on any atom is -0.478 e. The van der Waals surface area contributed by atoms with Gasteiger partial charge >= 0.3 is 5.97 Å². The van der Waals surface area contributed by atoms with Crippen LogP contribution in [0.2, 0.25) is 0 Å². The molecule has 0 unspecified atom stereocenters. The van der Waals surface area contributed by atoms with Gasteiger partial charge in [-0.05, 0) is 44.0 Å². The average Bonchev–Trinajstić information content (AvgIpc) is 2.32. The summed E-state index contributed by atoms with van der Waals surface area (Å²) < 4.78 is 0. The Bertz CT molecular complexity index is 444. The first kappa shape index (κ1) is 14.2. The Morgan fingerprint density at radius 3 is 2.67 bits per heavy atom. The zero-order valence-corrected chi connectivity index (χ0v) is 10.4. The van der Waals surface area contributed by atoms with Crippen molar-refractivity contribution in [3.05, 3.63) is 29.3 Å². The van der Waals surface area contributed by atoms with E-state index >= 15 is 0 Å². The number of carboxylic acid groups (broad SMARTS) is 1. The average molecular weight is 250 g/mol. The molecule has 0 aliphatic heterocycles. The van der Waals surface area contributed by atoms with Gasteiger partial charge in [0.2, 0.25) is 5.91 Å². The highest BCUT2D eigenvalue weighted by atomic mass is 16.4.